The first kappa shape index (κ1) is 18.7. The van der Waals surface area contributed by atoms with Gasteiger partial charge in [0.15, 0.2) is 12.1 Å². The Labute approximate surface area is 179 Å². The SMILES string of the molecule is Cc1ccc(C2=NC(O)c3c(-c4ccc(Sc5ccccc5)cc4)[nH]c(O)c32)cc1. The molecular formula is C25H20N2O2S. The molecule has 1 aliphatic rings. The van der Waals surface area contributed by atoms with E-state index in [-0.39, 0.29) is 5.88 Å². The number of benzene rings is 3. The topological polar surface area (TPSA) is 68.6 Å². The number of aliphatic hydroxyl groups excluding tert-OH is 1. The summed E-state index contributed by atoms with van der Waals surface area (Å²) in [4.78, 5) is 9.77. The zero-order valence-corrected chi connectivity index (χ0v) is 17.1. The second-order valence-corrected chi connectivity index (χ2v) is 8.44. The summed E-state index contributed by atoms with van der Waals surface area (Å²) in [5.74, 6) is 0.0265. The van der Waals surface area contributed by atoms with Crippen molar-refractivity contribution in [3.63, 3.8) is 0 Å². The Morgan fingerprint density at radius 3 is 2.17 bits per heavy atom. The summed E-state index contributed by atoms with van der Waals surface area (Å²) in [6.45, 7) is 2.02. The van der Waals surface area contributed by atoms with E-state index in [1.54, 1.807) is 11.8 Å². The molecule has 1 aliphatic heterocycles. The lowest BCUT2D eigenvalue weighted by Gasteiger charge is -2.06. The van der Waals surface area contributed by atoms with Crippen LogP contribution in [0.4, 0.5) is 0 Å². The lowest BCUT2D eigenvalue weighted by molar-refractivity contribution is 0.193. The van der Waals surface area contributed by atoms with Gasteiger partial charge in [-0.1, -0.05) is 71.9 Å². The maximum atomic E-state index is 10.6. The van der Waals surface area contributed by atoms with E-state index in [1.807, 2.05) is 73.7 Å². The van der Waals surface area contributed by atoms with Gasteiger partial charge in [0, 0.05) is 20.9 Å². The molecule has 5 heteroatoms. The predicted octanol–water partition coefficient (Wildman–Crippen LogP) is 5.69. The maximum Gasteiger partial charge on any atom is 0.198 e. The summed E-state index contributed by atoms with van der Waals surface area (Å²) < 4.78 is 0. The van der Waals surface area contributed by atoms with Crippen molar-refractivity contribution in [2.24, 2.45) is 4.99 Å². The zero-order chi connectivity index (χ0) is 20.7. The van der Waals surface area contributed by atoms with Crippen LogP contribution in [0.2, 0.25) is 0 Å². The Morgan fingerprint density at radius 2 is 1.47 bits per heavy atom. The number of aromatic amines is 1. The number of hydrogen-bond donors (Lipinski definition) is 3. The molecule has 2 heterocycles. The number of nitrogens with zero attached hydrogens (tertiary/aromatic N) is 1. The average molecular weight is 413 g/mol. The Hall–Kier alpha value is -3.28. The molecule has 1 aromatic heterocycles. The molecule has 0 aliphatic carbocycles. The molecule has 3 N–H and O–H groups in total. The van der Waals surface area contributed by atoms with Crippen molar-refractivity contribution in [2.45, 2.75) is 22.9 Å². The lowest BCUT2D eigenvalue weighted by Crippen LogP contribution is -1.99. The van der Waals surface area contributed by atoms with Crippen molar-refractivity contribution in [1.82, 2.24) is 4.98 Å². The van der Waals surface area contributed by atoms with E-state index in [0.717, 1.165) is 21.6 Å². The highest BCUT2D eigenvalue weighted by atomic mass is 32.2. The number of aryl methyl sites for hydroxylation is 1. The minimum Gasteiger partial charge on any atom is -0.494 e. The van der Waals surface area contributed by atoms with Crippen LogP contribution < -0.4 is 0 Å². The highest BCUT2D eigenvalue weighted by Gasteiger charge is 2.33. The van der Waals surface area contributed by atoms with Crippen LogP contribution in [0.5, 0.6) is 5.88 Å². The zero-order valence-electron chi connectivity index (χ0n) is 16.3. The highest BCUT2D eigenvalue weighted by molar-refractivity contribution is 7.99. The van der Waals surface area contributed by atoms with Gasteiger partial charge in [-0.25, -0.2) is 4.99 Å². The lowest BCUT2D eigenvalue weighted by atomic mass is 9.99. The van der Waals surface area contributed by atoms with Gasteiger partial charge in [0.05, 0.1) is 17.0 Å². The van der Waals surface area contributed by atoms with Crippen LogP contribution in [-0.2, 0) is 0 Å². The number of aromatic hydroxyl groups is 1. The Balaban J connectivity index is 1.48. The first-order valence-electron chi connectivity index (χ1n) is 9.71. The first-order chi connectivity index (χ1) is 14.6. The van der Waals surface area contributed by atoms with Crippen molar-refractivity contribution in [1.29, 1.82) is 0 Å². The Bertz CT molecular complexity index is 1230. The third-order valence-electron chi connectivity index (χ3n) is 5.21. The van der Waals surface area contributed by atoms with Crippen molar-refractivity contribution in [3.05, 3.63) is 101 Å². The fourth-order valence-electron chi connectivity index (χ4n) is 3.72. The van der Waals surface area contributed by atoms with E-state index in [4.69, 9.17) is 0 Å². The quantitative estimate of drug-likeness (QED) is 0.403. The molecule has 0 spiro atoms. The van der Waals surface area contributed by atoms with Crippen LogP contribution in [0.3, 0.4) is 0 Å². The van der Waals surface area contributed by atoms with Gasteiger partial charge in [0.25, 0.3) is 0 Å². The van der Waals surface area contributed by atoms with Gasteiger partial charge >= 0.3 is 0 Å². The van der Waals surface area contributed by atoms with Crippen molar-refractivity contribution in [3.8, 4) is 17.1 Å². The predicted molar refractivity (Wildman–Crippen MR) is 120 cm³/mol. The van der Waals surface area contributed by atoms with E-state index in [2.05, 4.69) is 22.1 Å². The minimum absolute atomic E-state index is 0.0265. The van der Waals surface area contributed by atoms with Crippen LogP contribution in [0.1, 0.15) is 28.5 Å². The summed E-state index contributed by atoms with van der Waals surface area (Å²) >= 11 is 1.69. The first-order valence-corrected chi connectivity index (χ1v) is 10.5. The molecule has 0 amide bonds. The Kier molecular flexibility index (Phi) is 4.69. The molecule has 0 bridgehead atoms. The molecule has 0 saturated carbocycles. The molecule has 148 valence electrons. The van der Waals surface area contributed by atoms with Gasteiger partial charge < -0.3 is 15.2 Å². The molecule has 1 atom stereocenters. The number of hydrogen-bond acceptors (Lipinski definition) is 4. The van der Waals surface area contributed by atoms with Crippen LogP contribution in [0.25, 0.3) is 11.3 Å². The number of rotatable bonds is 4. The van der Waals surface area contributed by atoms with Gasteiger partial charge in [-0.2, -0.15) is 0 Å². The molecule has 4 aromatic rings. The third-order valence-corrected chi connectivity index (χ3v) is 6.23. The van der Waals surface area contributed by atoms with Gasteiger partial charge in [-0.15, -0.1) is 0 Å². The van der Waals surface area contributed by atoms with Gasteiger partial charge in [-0.3, -0.25) is 0 Å². The number of aromatic nitrogens is 1. The van der Waals surface area contributed by atoms with Crippen LogP contribution >= 0.6 is 11.8 Å². The smallest absolute Gasteiger partial charge is 0.198 e. The molecular weight excluding hydrogens is 392 g/mol. The number of aliphatic imine (C=N–C) groups is 1. The van der Waals surface area contributed by atoms with E-state index in [0.29, 0.717) is 22.5 Å². The van der Waals surface area contributed by atoms with E-state index < -0.39 is 6.23 Å². The number of aliphatic hydroxyl groups is 1. The number of H-pyrrole nitrogens is 1. The summed E-state index contributed by atoms with van der Waals surface area (Å²) in [5.41, 5.74) is 5.39. The van der Waals surface area contributed by atoms with Crippen LogP contribution in [-0.4, -0.2) is 20.9 Å². The second kappa shape index (κ2) is 7.52. The molecule has 0 saturated heterocycles. The molecule has 5 rings (SSSR count). The summed E-state index contributed by atoms with van der Waals surface area (Å²) in [7, 11) is 0. The van der Waals surface area contributed by atoms with Gasteiger partial charge in [-0.05, 0) is 36.8 Å². The average Bonchev–Trinajstić information content (AvgIpc) is 3.28. The van der Waals surface area contributed by atoms with Crippen LogP contribution in [0, 0.1) is 6.92 Å². The molecule has 30 heavy (non-hydrogen) atoms. The molecule has 0 fully saturated rings. The van der Waals surface area contributed by atoms with E-state index in [1.165, 1.54) is 4.90 Å². The second-order valence-electron chi connectivity index (χ2n) is 7.29. The monoisotopic (exact) mass is 412 g/mol. The maximum absolute atomic E-state index is 10.6. The van der Waals surface area contributed by atoms with Crippen molar-refractivity contribution in [2.75, 3.05) is 0 Å². The number of nitrogens with one attached hydrogen (secondary N) is 1. The fourth-order valence-corrected chi connectivity index (χ4v) is 4.56. The molecule has 0 radical (unpaired) electrons. The molecule has 1 unspecified atom stereocenters. The molecule has 4 nitrogen and oxygen atoms in total. The Morgan fingerprint density at radius 1 is 0.833 bits per heavy atom. The van der Waals surface area contributed by atoms with E-state index >= 15 is 0 Å². The molecule has 3 aromatic carbocycles. The summed E-state index contributed by atoms with van der Waals surface area (Å²) in [5, 5.41) is 21.3. The normalized spacial score (nSPS) is 15.1. The van der Waals surface area contributed by atoms with Gasteiger partial charge in [0.1, 0.15) is 0 Å². The number of fused-ring (bicyclic) bond motifs is 1. The van der Waals surface area contributed by atoms with E-state index in [9.17, 15) is 10.2 Å². The fraction of sp³-hybridized carbons (Fsp3) is 0.0800. The highest BCUT2D eigenvalue weighted by Crippen LogP contribution is 2.43. The van der Waals surface area contributed by atoms with Crippen LogP contribution in [0.15, 0.2) is 93.6 Å². The largest absolute Gasteiger partial charge is 0.494 e. The standard InChI is InChI=1S/C25H20N2O2S/c1-15-7-9-16(10-8-15)22-20-21(25(29)26-22)23(27-24(20)28)17-11-13-19(14-12-17)30-18-5-3-2-4-6-18/h2-14,25,27-29H,1H3. The van der Waals surface area contributed by atoms with Gasteiger partial charge in [0.2, 0.25) is 0 Å². The summed E-state index contributed by atoms with van der Waals surface area (Å²) in [6.07, 6.45) is -1.01. The van der Waals surface area contributed by atoms with Crippen molar-refractivity contribution >= 4 is 17.5 Å². The van der Waals surface area contributed by atoms with Crippen molar-refractivity contribution < 1.29 is 10.2 Å². The third kappa shape index (κ3) is 3.32. The minimum atomic E-state index is -1.01. The summed E-state index contributed by atoms with van der Waals surface area (Å²) in [6, 6.07) is 26.2.